The Hall–Kier alpha value is -1.76. The van der Waals surface area contributed by atoms with Gasteiger partial charge in [0, 0.05) is 31.1 Å². The highest BCUT2D eigenvalue weighted by Gasteiger charge is 2.26. The van der Waals surface area contributed by atoms with Gasteiger partial charge in [-0.15, -0.1) is 11.8 Å². The molecule has 2 rings (SSSR count). The number of carbonyl (C=O) groups is 1. The lowest BCUT2D eigenvalue weighted by Crippen LogP contribution is -2.46. The number of halogens is 1. The van der Waals surface area contributed by atoms with Crippen molar-refractivity contribution in [1.82, 2.24) is 10.2 Å². The summed E-state index contributed by atoms with van der Waals surface area (Å²) in [6, 6.07) is 6.58. The van der Waals surface area contributed by atoms with Crippen molar-refractivity contribution in [3.63, 3.8) is 0 Å². The smallest absolute Gasteiger partial charge is 0.308 e. The minimum atomic E-state index is -0.204. The van der Waals surface area contributed by atoms with Crippen LogP contribution in [0.2, 0.25) is 0 Å². The lowest BCUT2D eigenvalue weighted by Gasteiger charge is -2.33. The molecule has 1 saturated heterocycles. The molecule has 1 aromatic rings. The number of carbonyl (C=O) groups excluding carboxylic acids is 1. The second kappa shape index (κ2) is 11.1. The summed E-state index contributed by atoms with van der Waals surface area (Å²) in [5.41, 5.74) is 0. The zero-order chi connectivity index (χ0) is 18.8. The Balaban J connectivity index is 1.75. The summed E-state index contributed by atoms with van der Waals surface area (Å²) in [4.78, 5) is 19.6. The van der Waals surface area contributed by atoms with E-state index in [2.05, 4.69) is 17.1 Å². The molecule has 144 valence electrons. The number of nitrogens with one attached hydrogen (secondary N) is 1. The van der Waals surface area contributed by atoms with E-state index in [0.717, 1.165) is 62.0 Å². The highest BCUT2D eigenvalue weighted by Crippen LogP contribution is 2.20. The minimum absolute atomic E-state index is 0.00577. The predicted octanol–water partition coefficient (Wildman–Crippen LogP) is 3.16. The summed E-state index contributed by atoms with van der Waals surface area (Å²) in [6.07, 6.45) is 2.56. The van der Waals surface area contributed by atoms with Crippen LogP contribution >= 0.6 is 11.8 Å². The number of hydrogen-bond acceptors (Lipinski definition) is 4. The summed E-state index contributed by atoms with van der Waals surface area (Å²) >= 11 is 1.71. The predicted molar refractivity (Wildman–Crippen MR) is 104 cm³/mol. The van der Waals surface area contributed by atoms with Crippen LogP contribution in [-0.2, 0) is 9.53 Å². The van der Waals surface area contributed by atoms with E-state index in [0.29, 0.717) is 0 Å². The van der Waals surface area contributed by atoms with Crippen LogP contribution in [0.25, 0.3) is 0 Å². The minimum Gasteiger partial charge on any atom is -0.469 e. The number of benzene rings is 1. The van der Waals surface area contributed by atoms with Crippen molar-refractivity contribution in [3.05, 3.63) is 30.1 Å². The van der Waals surface area contributed by atoms with E-state index in [1.54, 1.807) is 23.9 Å². The molecule has 5 nitrogen and oxygen atoms in total. The Bertz CT molecular complexity index is 587. The Morgan fingerprint density at radius 3 is 2.65 bits per heavy atom. The summed E-state index contributed by atoms with van der Waals surface area (Å²) in [5.74, 6) is 1.56. The van der Waals surface area contributed by atoms with E-state index >= 15 is 0 Å². The van der Waals surface area contributed by atoms with Gasteiger partial charge in [0.2, 0.25) is 0 Å². The molecule has 1 aliphatic rings. The second-order valence-corrected chi connectivity index (χ2v) is 7.34. The summed E-state index contributed by atoms with van der Waals surface area (Å²) in [5, 5.41) is 3.34. The maximum atomic E-state index is 12.9. The van der Waals surface area contributed by atoms with Crippen LogP contribution in [0.15, 0.2) is 34.2 Å². The average molecular weight is 382 g/mol. The maximum Gasteiger partial charge on any atom is 0.308 e. The van der Waals surface area contributed by atoms with Gasteiger partial charge in [-0.05, 0) is 56.2 Å². The van der Waals surface area contributed by atoms with E-state index in [-0.39, 0.29) is 17.7 Å². The number of nitrogens with zero attached hydrogens (tertiary/aromatic N) is 2. The molecule has 1 heterocycles. The molecule has 0 bridgehead atoms. The van der Waals surface area contributed by atoms with Crippen molar-refractivity contribution in [2.24, 2.45) is 10.9 Å². The molecule has 1 N–H and O–H groups in total. The van der Waals surface area contributed by atoms with Gasteiger partial charge in [-0.3, -0.25) is 9.79 Å². The molecule has 0 spiro atoms. The van der Waals surface area contributed by atoms with Gasteiger partial charge in [-0.2, -0.15) is 0 Å². The zero-order valence-corrected chi connectivity index (χ0v) is 16.4. The van der Waals surface area contributed by atoms with Crippen molar-refractivity contribution in [2.45, 2.75) is 31.1 Å². The van der Waals surface area contributed by atoms with Crippen LogP contribution in [-0.4, -0.2) is 55.9 Å². The third-order valence-electron chi connectivity index (χ3n) is 4.31. The summed E-state index contributed by atoms with van der Waals surface area (Å²) in [7, 11) is 1.45. The molecule has 1 fully saturated rings. The van der Waals surface area contributed by atoms with Gasteiger partial charge in [-0.25, -0.2) is 4.39 Å². The van der Waals surface area contributed by atoms with Crippen molar-refractivity contribution in [1.29, 1.82) is 0 Å². The summed E-state index contributed by atoms with van der Waals surface area (Å²) in [6.45, 7) is 5.25. The molecule has 26 heavy (non-hydrogen) atoms. The average Bonchev–Trinajstić information content (AvgIpc) is 2.68. The third kappa shape index (κ3) is 6.52. The normalized spacial score (nSPS) is 15.8. The number of thioether (sulfide) groups is 1. The molecular weight excluding hydrogens is 353 g/mol. The quantitative estimate of drug-likeness (QED) is 0.259. The fourth-order valence-corrected chi connectivity index (χ4v) is 3.73. The molecular formula is C19H28FN3O2S. The fraction of sp³-hybridized carbons (Fsp3) is 0.579. The van der Waals surface area contributed by atoms with Gasteiger partial charge in [0.15, 0.2) is 5.96 Å². The van der Waals surface area contributed by atoms with Gasteiger partial charge in [0.05, 0.1) is 13.0 Å². The Morgan fingerprint density at radius 1 is 1.35 bits per heavy atom. The van der Waals surface area contributed by atoms with E-state index in [1.165, 1.54) is 19.2 Å². The number of methoxy groups -OCH3 is 1. The second-order valence-electron chi connectivity index (χ2n) is 6.18. The molecule has 0 aromatic heterocycles. The number of esters is 1. The van der Waals surface area contributed by atoms with Crippen molar-refractivity contribution < 1.29 is 13.9 Å². The van der Waals surface area contributed by atoms with E-state index < -0.39 is 0 Å². The van der Waals surface area contributed by atoms with Crippen molar-refractivity contribution in [2.75, 3.05) is 39.0 Å². The third-order valence-corrected chi connectivity index (χ3v) is 5.41. The van der Waals surface area contributed by atoms with Crippen LogP contribution < -0.4 is 5.32 Å². The van der Waals surface area contributed by atoms with Gasteiger partial charge < -0.3 is 15.0 Å². The number of rotatable bonds is 7. The number of piperidine rings is 1. The Labute approximate surface area is 159 Å². The van der Waals surface area contributed by atoms with Crippen molar-refractivity contribution in [3.8, 4) is 0 Å². The maximum absolute atomic E-state index is 12.9. The first-order valence-electron chi connectivity index (χ1n) is 9.13. The number of likely N-dealkylation sites (tertiary alicyclic amines) is 1. The number of ether oxygens (including phenoxy) is 1. The first kappa shape index (κ1) is 20.6. The lowest BCUT2D eigenvalue weighted by molar-refractivity contribution is -0.146. The van der Waals surface area contributed by atoms with Gasteiger partial charge in [0.1, 0.15) is 5.82 Å². The number of hydrogen-bond donors (Lipinski definition) is 1. The first-order chi connectivity index (χ1) is 12.6. The molecule has 0 saturated carbocycles. The monoisotopic (exact) mass is 381 g/mol. The molecule has 0 radical (unpaired) electrons. The van der Waals surface area contributed by atoms with E-state index in [1.807, 2.05) is 0 Å². The first-order valence-corrected chi connectivity index (χ1v) is 10.1. The lowest BCUT2D eigenvalue weighted by atomic mass is 9.97. The van der Waals surface area contributed by atoms with Crippen molar-refractivity contribution >= 4 is 23.7 Å². The fourth-order valence-electron chi connectivity index (χ4n) is 2.89. The van der Waals surface area contributed by atoms with Gasteiger partial charge in [0.25, 0.3) is 0 Å². The number of aliphatic imine (C=N–C) groups is 1. The van der Waals surface area contributed by atoms with Crippen LogP contribution in [0.1, 0.15) is 26.2 Å². The largest absolute Gasteiger partial charge is 0.469 e. The van der Waals surface area contributed by atoms with Gasteiger partial charge in [-0.1, -0.05) is 0 Å². The van der Waals surface area contributed by atoms with Crippen LogP contribution in [0.5, 0.6) is 0 Å². The Kier molecular flexibility index (Phi) is 8.74. The van der Waals surface area contributed by atoms with Crippen LogP contribution in [0, 0.1) is 11.7 Å². The summed E-state index contributed by atoms with van der Waals surface area (Å²) < 4.78 is 17.7. The highest BCUT2D eigenvalue weighted by molar-refractivity contribution is 7.99. The standard InChI is InChI=1S/C19H28FN3O2S/c1-3-21-19(23-12-9-15(10-13-23)18(24)25-2)22-11-4-14-26-17-7-5-16(20)6-8-17/h5-8,15H,3-4,9-14H2,1-2H3,(H,21,22). The zero-order valence-electron chi connectivity index (χ0n) is 15.5. The highest BCUT2D eigenvalue weighted by atomic mass is 32.2. The Morgan fingerprint density at radius 2 is 2.04 bits per heavy atom. The number of guanidine groups is 1. The van der Waals surface area contributed by atoms with Crippen LogP contribution in [0.3, 0.4) is 0 Å². The molecule has 0 aliphatic carbocycles. The molecule has 0 atom stereocenters. The van der Waals surface area contributed by atoms with Gasteiger partial charge >= 0.3 is 5.97 Å². The molecule has 0 unspecified atom stereocenters. The molecule has 0 amide bonds. The SMILES string of the molecule is CCNC(=NCCCSc1ccc(F)cc1)N1CCC(C(=O)OC)CC1. The molecule has 1 aliphatic heterocycles. The van der Waals surface area contributed by atoms with Crippen LogP contribution in [0.4, 0.5) is 4.39 Å². The van der Waals surface area contributed by atoms with E-state index in [4.69, 9.17) is 9.73 Å². The molecule has 7 heteroatoms. The molecule has 1 aromatic carbocycles. The van der Waals surface area contributed by atoms with E-state index in [9.17, 15) is 9.18 Å². The topological polar surface area (TPSA) is 53.9 Å².